The Bertz CT molecular complexity index is 722. The van der Waals surface area contributed by atoms with Gasteiger partial charge in [-0.2, -0.15) is 0 Å². The fraction of sp³-hybridized carbons (Fsp3) is 0.364. The molecule has 1 unspecified atom stereocenters. The summed E-state index contributed by atoms with van der Waals surface area (Å²) in [5.41, 5.74) is 2.14. The molecule has 2 aromatic carbocycles. The molecule has 1 fully saturated rings. The highest BCUT2D eigenvalue weighted by atomic mass is 16.2. The summed E-state index contributed by atoms with van der Waals surface area (Å²) >= 11 is 0. The van der Waals surface area contributed by atoms with Crippen molar-refractivity contribution in [1.29, 1.82) is 0 Å². The number of nitrogens with one attached hydrogen (secondary N) is 1. The SMILES string of the molecule is CC(C(=O)N1CCC(C(=O)NCc2ccccc2)CC1)c1ccccc1. The first kappa shape index (κ1) is 18.2. The summed E-state index contributed by atoms with van der Waals surface area (Å²) in [6.07, 6.45) is 1.46. The molecule has 2 amide bonds. The number of piperidine rings is 1. The zero-order valence-corrected chi connectivity index (χ0v) is 15.2. The van der Waals surface area contributed by atoms with E-state index in [9.17, 15) is 9.59 Å². The van der Waals surface area contributed by atoms with Crippen LogP contribution in [0, 0.1) is 5.92 Å². The highest BCUT2D eigenvalue weighted by Crippen LogP contribution is 2.23. The van der Waals surface area contributed by atoms with Gasteiger partial charge in [-0.05, 0) is 30.9 Å². The van der Waals surface area contributed by atoms with Crippen molar-refractivity contribution in [2.24, 2.45) is 5.92 Å². The largest absolute Gasteiger partial charge is 0.352 e. The van der Waals surface area contributed by atoms with E-state index in [0.29, 0.717) is 19.6 Å². The number of carbonyl (C=O) groups excluding carboxylic acids is 2. The van der Waals surface area contributed by atoms with E-state index in [2.05, 4.69) is 5.32 Å². The van der Waals surface area contributed by atoms with E-state index in [0.717, 1.165) is 24.0 Å². The molecule has 1 aliphatic rings. The van der Waals surface area contributed by atoms with Crippen molar-refractivity contribution in [3.8, 4) is 0 Å². The van der Waals surface area contributed by atoms with Crippen molar-refractivity contribution < 1.29 is 9.59 Å². The number of rotatable bonds is 5. The van der Waals surface area contributed by atoms with Crippen LogP contribution in [0.15, 0.2) is 60.7 Å². The van der Waals surface area contributed by atoms with Crippen LogP contribution in [0.25, 0.3) is 0 Å². The van der Waals surface area contributed by atoms with Gasteiger partial charge in [-0.15, -0.1) is 0 Å². The molecule has 136 valence electrons. The number of benzene rings is 2. The van der Waals surface area contributed by atoms with Crippen LogP contribution >= 0.6 is 0 Å². The maximum Gasteiger partial charge on any atom is 0.229 e. The number of amides is 2. The van der Waals surface area contributed by atoms with Crippen LogP contribution in [0.5, 0.6) is 0 Å². The fourth-order valence-corrected chi connectivity index (χ4v) is 3.45. The molecule has 0 spiro atoms. The van der Waals surface area contributed by atoms with Gasteiger partial charge in [0, 0.05) is 25.6 Å². The van der Waals surface area contributed by atoms with Gasteiger partial charge < -0.3 is 10.2 Å². The quantitative estimate of drug-likeness (QED) is 0.899. The first-order chi connectivity index (χ1) is 12.6. The molecule has 2 aromatic rings. The topological polar surface area (TPSA) is 49.4 Å². The zero-order chi connectivity index (χ0) is 18.4. The van der Waals surface area contributed by atoms with Crippen molar-refractivity contribution in [2.45, 2.75) is 32.2 Å². The minimum atomic E-state index is -0.139. The van der Waals surface area contributed by atoms with Crippen molar-refractivity contribution in [3.05, 3.63) is 71.8 Å². The second-order valence-corrected chi connectivity index (χ2v) is 6.94. The van der Waals surface area contributed by atoms with Crippen LogP contribution in [0.2, 0.25) is 0 Å². The Balaban J connectivity index is 1.47. The van der Waals surface area contributed by atoms with Gasteiger partial charge in [-0.25, -0.2) is 0 Å². The molecule has 1 N–H and O–H groups in total. The maximum atomic E-state index is 12.7. The van der Waals surface area contributed by atoms with Gasteiger partial charge in [0.15, 0.2) is 0 Å². The number of nitrogens with zero attached hydrogens (tertiary/aromatic N) is 1. The molecule has 1 heterocycles. The maximum absolute atomic E-state index is 12.7. The molecule has 0 radical (unpaired) electrons. The van der Waals surface area contributed by atoms with Crippen molar-refractivity contribution in [1.82, 2.24) is 10.2 Å². The minimum absolute atomic E-state index is 0.00482. The number of carbonyl (C=O) groups is 2. The average Bonchev–Trinajstić information content (AvgIpc) is 2.72. The third kappa shape index (κ3) is 4.51. The average molecular weight is 350 g/mol. The van der Waals surface area contributed by atoms with Crippen LogP contribution in [-0.2, 0) is 16.1 Å². The van der Waals surface area contributed by atoms with Crippen LogP contribution in [0.3, 0.4) is 0 Å². The highest BCUT2D eigenvalue weighted by Gasteiger charge is 2.29. The molecular formula is C22H26N2O2. The normalized spacial score (nSPS) is 16.1. The molecule has 0 aromatic heterocycles. The lowest BCUT2D eigenvalue weighted by atomic mass is 9.93. The molecule has 1 aliphatic heterocycles. The minimum Gasteiger partial charge on any atom is -0.352 e. The van der Waals surface area contributed by atoms with Gasteiger partial charge in [-0.1, -0.05) is 60.7 Å². The summed E-state index contributed by atoms with van der Waals surface area (Å²) in [5, 5.41) is 3.02. The van der Waals surface area contributed by atoms with Gasteiger partial charge in [0.05, 0.1) is 5.92 Å². The van der Waals surface area contributed by atoms with E-state index < -0.39 is 0 Å². The molecule has 4 heteroatoms. The Morgan fingerprint density at radius 3 is 2.19 bits per heavy atom. The predicted octanol–water partition coefficient (Wildman–Crippen LogP) is 3.35. The van der Waals surface area contributed by atoms with Gasteiger partial charge in [0.2, 0.25) is 11.8 Å². The smallest absolute Gasteiger partial charge is 0.229 e. The van der Waals surface area contributed by atoms with Crippen LogP contribution in [-0.4, -0.2) is 29.8 Å². The summed E-state index contributed by atoms with van der Waals surface area (Å²) in [6, 6.07) is 19.8. The number of hydrogen-bond donors (Lipinski definition) is 1. The number of hydrogen-bond acceptors (Lipinski definition) is 2. The van der Waals surface area contributed by atoms with Gasteiger partial charge in [0.1, 0.15) is 0 Å². The molecule has 3 rings (SSSR count). The Labute approximate surface area is 155 Å². The van der Waals surface area contributed by atoms with E-state index in [4.69, 9.17) is 0 Å². The Hall–Kier alpha value is -2.62. The second kappa shape index (κ2) is 8.65. The summed E-state index contributed by atoms with van der Waals surface area (Å²) in [4.78, 5) is 27.0. The molecule has 4 nitrogen and oxygen atoms in total. The lowest BCUT2D eigenvalue weighted by Gasteiger charge is -2.33. The Kier molecular flexibility index (Phi) is 6.05. The van der Waals surface area contributed by atoms with E-state index in [-0.39, 0.29) is 23.7 Å². The molecule has 1 saturated heterocycles. The van der Waals surface area contributed by atoms with Crippen molar-refractivity contribution >= 4 is 11.8 Å². The van der Waals surface area contributed by atoms with Crippen molar-refractivity contribution in [2.75, 3.05) is 13.1 Å². The summed E-state index contributed by atoms with van der Waals surface area (Å²) in [7, 11) is 0. The Morgan fingerprint density at radius 1 is 1.00 bits per heavy atom. The molecule has 0 aliphatic carbocycles. The molecule has 26 heavy (non-hydrogen) atoms. The monoisotopic (exact) mass is 350 g/mol. The lowest BCUT2D eigenvalue weighted by Crippen LogP contribution is -2.44. The summed E-state index contributed by atoms with van der Waals surface area (Å²) in [5.74, 6) is 0.103. The zero-order valence-electron chi connectivity index (χ0n) is 15.2. The lowest BCUT2D eigenvalue weighted by molar-refractivity contribution is -0.136. The fourth-order valence-electron chi connectivity index (χ4n) is 3.45. The van der Waals surface area contributed by atoms with Crippen molar-refractivity contribution in [3.63, 3.8) is 0 Å². The van der Waals surface area contributed by atoms with E-state index >= 15 is 0 Å². The van der Waals surface area contributed by atoms with E-state index in [1.54, 1.807) is 0 Å². The van der Waals surface area contributed by atoms with Gasteiger partial charge >= 0.3 is 0 Å². The van der Waals surface area contributed by atoms with Crippen LogP contribution in [0.1, 0.15) is 36.8 Å². The number of likely N-dealkylation sites (tertiary alicyclic amines) is 1. The summed E-state index contributed by atoms with van der Waals surface area (Å²) < 4.78 is 0. The molecule has 0 bridgehead atoms. The second-order valence-electron chi connectivity index (χ2n) is 6.94. The van der Waals surface area contributed by atoms with E-state index in [1.807, 2.05) is 72.5 Å². The molecule has 1 atom stereocenters. The first-order valence-electron chi connectivity index (χ1n) is 9.30. The van der Waals surface area contributed by atoms with Crippen LogP contribution < -0.4 is 5.32 Å². The first-order valence-corrected chi connectivity index (χ1v) is 9.30. The predicted molar refractivity (Wildman–Crippen MR) is 102 cm³/mol. The van der Waals surface area contributed by atoms with Gasteiger partial charge in [-0.3, -0.25) is 9.59 Å². The molecule has 0 saturated carbocycles. The third-order valence-corrected chi connectivity index (χ3v) is 5.16. The highest BCUT2D eigenvalue weighted by molar-refractivity contribution is 5.84. The summed E-state index contributed by atoms with van der Waals surface area (Å²) in [6.45, 7) is 3.82. The van der Waals surface area contributed by atoms with Crippen LogP contribution in [0.4, 0.5) is 0 Å². The van der Waals surface area contributed by atoms with E-state index in [1.165, 1.54) is 0 Å². The third-order valence-electron chi connectivity index (χ3n) is 5.16. The van der Waals surface area contributed by atoms with Gasteiger partial charge in [0.25, 0.3) is 0 Å². The molecular weight excluding hydrogens is 324 g/mol. The Morgan fingerprint density at radius 2 is 1.58 bits per heavy atom. The standard InChI is InChI=1S/C22H26N2O2/c1-17(19-10-6-3-7-11-19)22(26)24-14-12-20(13-15-24)21(25)23-16-18-8-4-2-5-9-18/h2-11,17,20H,12-16H2,1H3,(H,23,25).